The van der Waals surface area contributed by atoms with E-state index in [2.05, 4.69) is 31.2 Å². The third-order valence-electron chi connectivity index (χ3n) is 5.97. The molecule has 0 aliphatic rings. The average Bonchev–Trinajstić information content (AvgIpc) is 3.29. The molecule has 1 aromatic heterocycles. The van der Waals surface area contributed by atoms with Gasteiger partial charge in [-0.1, -0.05) is 48.0 Å². The van der Waals surface area contributed by atoms with Gasteiger partial charge >= 0.3 is 0 Å². The molecule has 5 rings (SSSR count). The third kappa shape index (κ3) is 4.48. The van der Waals surface area contributed by atoms with Crippen molar-refractivity contribution in [2.75, 3.05) is 7.05 Å². The number of aryl methyl sites for hydroxylation is 1. The van der Waals surface area contributed by atoms with E-state index in [4.69, 9.17) is 4.42 Å². The van der Waals surface area contributed by atoms with Crippen LogP contribution in [-0.4, -0.2) is 17.9 Å². The predicted octanol–water partition coefficient (Wildman–Crippen LogP) is 7.49. The van der Waals surface area contributed by atoms with E-state index in [-0.39, 0.29) is 11.7 Å². The van der Waals surface area contributed by atoms with Gasteiger partial charge in [-0.05, 0) is 78.2 Å². The minimum absolute atomic E-state index is 0.0228. The molecule has 168 valence electrons. The lowest BCUT2D eigenvalue weighted by Gasteiger charge is -2.18. The normalized spacial score (nSPS) is 11.0. The molecule has 0 N–H and O–H groups in total. The lowest BCUT2D eigenvalue weighted by atomic mass is 10.0. The Hall–Kier alpha value is -4.18. The van der Waals surface area contributed by atoms with Gasteiger partial charge in [0.05, 0.1) is 0 Å². The topological polar surface area (TPSA) is 33.5 Å². The summed E-state index contributed by atoms with van der Waals surface area (Å²) in [7, 11) is 1.82. The van der Waals surface area contributed by atoms with Crippen LogP contribution < -0.4 is 0 Å². The fourth-order valence-electron chi connectivity index (χ4n) is 4.07. The molecule has 0 aliphatic heterocycles. The highest BCUT2D eigenvalue weighted by molar-refractivity contribution is 5.96. The number of amides is 1. The molecule has 4 heteroatoms. The van der Waals surface area contributed by atoms with Gasteiger partial charge in [0.2, 0.25) is 0 Å². The minimum Gasteiger partial charge on any atom is -0.456 e. The summed E-state index contributed by atoms with van der Waals surface area (Å²) in [5.41, 5.74) is 6.48. The second kappa shape index (κ2) is 8.99. The van der Waals surface area contributed by atoms with E-state index in [1.807, 2.05) is 55.6 Å². The highest BCUT2D eigenvalue weighted by atomic mass is 19.1. The second-order valence-electron chi connectivity index (χ2n) is 8.60. The second-order valence-corrected chi connectivity index (χ2v) is 8.60. The zero-order valence-corrected chi connectivity index (χ0v) is 19.1. The molecule has 0 radical (unpaired) electrons. The summed E-state index contributed by atoms with van der Waals surface area (Å²) >= 11 is 0. The molecular weight excluding hydrogens is 425 g/mol. The van der Waals surface area contributed by atoms with Crippen LogP contribution in [-0.2, 0) is 6.54 Å². The van der Waals surface area contributed by atoms with Crippen molar-refractivity contribution in [2.45, 2.75) is 13.5 Å². The largest absolute Gasteiger partial charge is 0.456 e. The van der Waals surface area contributed by atoms with Gasteiger partial charge in [0.1, 0.15) is 17.2 Å². The smallest absolute Gasteiger partial charge is 0.253 e. The first kappa shape index (κ1) is 21.7. The zero-order valence-electron chi connectivity index (χ0n) is 19.1. The molecular formula is C30H24FNO2. The number of halogens is 1. The molecule has 1 amide bonds. The number of benzene rings is 4. The predicted molar refractivity (Wildman–Crippen MR) is 134 cm³/mol. The number of nitrogens with zero attached hydrogens (tertiary/aromatic N) is 1. The van der Waals surface area contributed by atoms with Gasteiger partial charge in [-0.15, -0.1) is 0 Å². The van der Waals surface area contributed by atoms with Crippen LogP contribution in [0, 0.1) is 12.7 Å². The number of carbonyl (C=O) groups excluding carboxylic acids is 1. The molecule has 0 saturated heterocycles. The molecule has 4 aromatic carbocycles. The molecule has 0 atom stereocenters. The van der Waals surface area contributed by atoms with Crippen molar-refractivity contribution in [2.24, 2.45) is 0 Å². The summed E-state index contributed by atoms with van der Waals surface area (Å²) in [6, 6.07) is 30.1. The van der Waals surface area contributed by atoms with E-state index in [9.17, 15) is 9.18 Å². The summed E-state index contributed by atoms with van der Waals surface area (Å²) in [5, 5.41) is 0.949. The monoisotopic (exact) mass is 449 g/mol. The molecule has 0 spiro atoms. The zero-order chi connectivity index (χ0) is 23.7. The van der Waals surface area contributed by atoms with Crippen molar-refractivity contribution in [3.05, 3.63) is 120 Å². The quantitative estimate of drug-likeness (QED) is 0.279. The summed E-state index contributed by atoms with van der Waals surface area (Å²) in [5.74, 6) is 0.389. The number of fused-ring (bicyclic) bond motifs is 1. The molecule has 3 nitrogen and oxygen atoms in total. The van der Waals surface area contributed by atoms with Crippen molar-refractivity contribution >= 4 is 16.9 Å². The Bertz CT molecular complexity index is 1470. The van der Waals surface area contributed by atoms with Gasteiger partial charge in [-0.3, -0.25) is 4.79 Å². The Morgan fingerprint density at radius 3 is 2.29 bits per heavy atom. The van der Waals surface area contributed by atoms with E-state index < -0.39 is 0 Å². The van der Waals surface area contributed by atoms with Crippen molar-refractivity contribution in [3.63, 3.8) is 0 Å². The maximum absolute atomic E-state index is 13.3. The molecule has 0 aliphatic carbocycles. The van der Waals surface area contributed by atoms with Crippen molar-refractivity contribution < 1.29 is 13.6 Å². The molecule has 34 heavy (non-hydrogen) atoms. The van der Waals surface area contributed by atoms with Gasteiger partial charge in [0.25, 0.3) is 5.91 Å². The van der Waals surface area contributed by atoms with Gasteiger partial charge in [0, 0.05) is 30.1 Å². The van der Waals surface area contributed by atoms with Gasteiger partial charge in [-0.2, -0.15) is 0 Å². The maximum atomic E-state index is 13.3. The first-order chi connectivity index (χ1) is 16.5. The summed E-state index contributed by atoms with van der Waals surface area (Å²) in [6.45, 7) is 2.60. The first-order valence-corrected chi connectivity index (χ1v) is 11.2. The molecule has 0 fully saturated rings. The maximum Gasteiger partial charge on any atom is 0.253 e. The number of hydrogen-bond donors (Lipinski definition) is 0. The Labute approximate surface area is 198 Å². The highest BCUT2D eigenvalue weighted by Crippen LogP contribution is 2.31. The van der Waals surface area contributed by atoms with Crippen LogP contribution in [0.25, 0.3) is 33.4 Å². The van der Waals surface area contributed by atoms with Crippen LogP contribution >= 0.6 is 0 Å². The Balaban J connectivity index is 1.39. The van der Waals surface area contributed by atoms with Crippen LogP contribution in [0.2, 0.25) is 0 Å². The summed E-state index contributed by atoms with van der Waals surface area (Å²) < 4.78 is 19.2. The van der Waals surface area contributed by atoms with Crippen LogP contribution in [0.15, 0.2) is 101 Å². The van der Waals surface area contributed by atoms with Gasteiger partial charge < -0.3 is 9.32 Å². The fourth-order valence-corrected chi connectivity index (χ4v) is 4.07. The SMILES string of the molecule is Cc1ccc(CN(C)C(=O)c2cccc(-c3ccc4oc(-c5ccc(F)cc5)cc4c3)c2)cc1. The fraction of sp³-hybridized carbons (Fsp3) is 0.100. The van der Waals surface area contributed by atoms with E-state index in [0.717, 1.165) is 33.2 Å². The Morgan fingerprint density at radius 1 is 0.824 bits per heavy atom. The summed E-state index contributed by atoms with van der Waals surface area (Å²) in [6.07, 6.45) is 0. The number of hydrogen-bond acceptors (Lipinski definition) is 2. The van der Waals surface area contributed by atoms with E-state index in [0.29, 0.717) is 17.9 Å². The molecule has 1 heterocycles. The minimum atomic E-state index is -0.277. The average molecular weight is 450 g/mol. The molecule has 0 unspecified atom stereocenters. The number of rotatable bonds is 5. The number of carbonyl (C=O) groups is 1. The van der Waals surface area contributed by atoms with Gasteiger partial charge in [0.15, 0.2) is 0 Å². The van der Waals surface area contributed by atoms with E-state index in [1.165, 1.54) is 17.7 Å². The van der Waals surface area contributed by atoms with Crippen LogP contribution in [0.5, 0.6) is 0 Å². The number of furan rings is 1. The third-order valence-corrected chi connectivity index (χ3v) is 5.97. The van der Waals surface area contributed by atoms with E-state index in [1.54, 1.807) is 17.0 Å². The standard InChI is InChI=1S/C30H24FNO2/c1-20-6-8-21(9-7-20)19-32(2)30(33)25-5-3-4-23(16-25)24-12-15-28-26(17-24)18-29(34-28)22-10-13-27(31)14-11-22/h3-18H,19H2,1-2H3. The van der Waals surface area contributed by atoms with Gasteiger partial charge in [-0.25, -0.2) is 4.39 Å². The summed E-state index contributed by atoms with van der Waals surface area (Å²) in [4.78, 5) is 14.8. The lowest BCUT2D eigenvalue weighted by molar-refractivity contribution is 0.0785. The van der Waals surface area contributed by atoms with Crippen molar-refractivity contribution in [1.82, 2.24) is 4.90 Å². The van der Waals surface area contributed by atoms with Crippen molar-refractivity contribution in [1.29, 1.82) is 0 Å². The highest BCUT2D eigenvalue weighted by Gasteiger charge is 2.14. The first-order valence-electron chi connectivity index (χ1n) is 11.2. The van der Waals surface area contributed by atoms with Crippen LogP contribution in [0.4, 0.5) is 4.39 Å². The molecule has 0 saturated carbocycles. The molecule has 0 bridgehead atoms. The van der Waals surface area contributed by atoms with Crippen molar-refractivity contribution in [3.8, 4) is 22.5 Å². The molecule has 5 aromatic rings. The van der Waals surface area contributed by atoms with E-state index >= 15 is 0 Å². The lowest BCUT2D eigenvalue weighted by Crippen LogP contribution is -2.26. The Kier molecular flexibility index (Phi) is 5.72. The van der Waals surface area contributed by atoms with Crippen LogP contribution in [0.3, 0.4) is 0 Å². The van der Waals surface area contributed by atoms with Crippen LogP contribution in [0.1, 0.15) is 21.5 Å². The Morgan fingerprint density at radius 2 is 1.53 bits per heavy atom.